The lowest BCUT2D eigenvalue weighted by Crippen LogP contribution is -2.43. The Kier molecular flexibility index (Phi) is 9.53. The van der Waals surface area contributed by atoms with Crippen LogP contribution >= 0.6 is 12.2 Å². The van der Waals surface area contributed by atoms with E-state index in [1.165, 1.54) is 50.0 Å². The fourth-order valence-corrected chi connectivity index (χ4v) is 4.39. The molecule has 182 valence electrons. The first-order valence-electron chi connectivity index (χ1n) is 11.7. The number of anilines is 2. The number of benzene rings is 1. The minimum absolute atomic E-state index is 0.197. The van der Waals surface area contributed by atoms with Crippen LogP contribution in [0.25, 0.3) is 0 Å². The Morgan fingerprint density at radius 3 is 2.58 bits per heavy atom. The maximum Gasteiger partial charge on any atom is 0.414 e. The summed E-state index contributed by atoms with van der Waals surface area (Å²) in [5.74, 6) is -0.655. The normalized spacial score (nSPS) is 19.3. The number of ether oxygens (including phenoxy) is 1. The Hall–Kier alpha value is -2.62. The molecule has 0 aromatic heterocycles. The predicted octanol–water partition coefficient (Wildman–Crippen LogP) is 3.28. The molecule has 0 bridgehead atoms. The van der Waals surface area contributed by atoms with E-state index in [2.05, 4.69) is 21.3 Å². The highest BCUT2D eigenvalue weighted by molar-refractivity contribution is 7.80. The minimum Gasteiger partial charge on any atom is -0.442 e. The van der Waals surface area contributed by atoms with E-state index in [1.807, 2.05) is 0 Å². The number of carbonyl (C=O) groups excluding carboxylic acids is 2. The molecule has 0 radical (unpaired) electrons. The Bertz CT molecular complexity index is 832. The van der Waals surface area contributed by atoms with E-state index in [-0.39, 0.29) is 19.0 Å². The first-order chi connectivity index (χ1) is 15.9. The fraction of sp³-hybridized carbons (Fsp3) is 0.609. The van der Waals surface area contributed by atoms with Crippen molar-refractivity contribution >= 4 is 40.7 Å². The quantitative estimate of drug-likeness (QED) is 0.336. The molecule has 1 unspecified atom stereocenters. The first kappa shape index (κ1) is 25.0. The average molecular weight is 480 g/mol. The number of halogens is 1. The summed E-state index contributed by atoms with van der Waals surface area (Å²) in [6.45, 7) is 2.93. The Balaban J connectivity index is 1.41. The molecule has 1 saturated heterocycles. The van der Waals surface area contributed by atoms with Crippen molar-refractivity contribution in [3.8, 4) is 0 Å². The molecule has 4 N–H and O–H groups in total. The monoisotopic (exact) mass is 479 g/mol. The lowest BCUT2D eigenvalue weighted by molar-refractivity contribution is -0.119. The second-order valence-corrected chi connectivity index (χ2v) is 8.99. The van der Waals surface area contributed by atoms with Crippen LogP contribution < -0.4 is 26.2 Å². The molecule has 2 amide bonds. The van der Waals surface area contributed by atoms with Crippen molar-refractivity contribution in [1.29, 1.82) is 0 Å². The van der Waals surface area contributed by atoms with Gasteiger partial charge < -0.3 is 26.0 Å². The number of nitrogens with zero attached hydrogens (tertiary/aromatic N) is 1. The highest BCUT2D eigenvalue weighted by Crippen LogP contribution is 2.26. The predicted molar refractivity (Wildman–Crippen MR) is 131 cm³/mol. The standard InChI is InChI=1S/C23H34FN5O3S/c1-16(30)27-14-19-15-29(23(31)32-19)18-9-10-21(20(24)13-18)25-11-12-26-22(33)28-17-7-5-3-2-4-6-8-17/h9-10,13,17,19,25H,2-8,11-12,14-15H2,1H3,(H,27,30)(H2,26,28,33). The van der Waals surface area contributed by atoms with E-state index in [0.717, 1.165) is 12.8 Å². The molecule has 0 spiro atoms. The molecular formula is C23H34FN5O3S. The molecule has 2 fully saturated rings. The topological polar surface area (TPSA) is 94.7 Å². The van der Waals surface area contributed by atoms with Gasteiger partial charge in [-0.1, -0.05) is 32.1 Å². The van der Waals surface area contributed by atoms with Gasteiger partial charge in [-0.15, -0.1) is 0 Å². The lowest BCUT2D eigenvalue weighted by atomic mass is 9.97. The van der Waals surface area contributed by atoms with E-state index in [0.29, 0.717) is 35.6 Å². The first-order valence-corrected chi connectivity index (χ1v) is 12.1. The van der Waals surface area contributed by atoms with Crippen molar-refractivity contribution in [3.05, 3.63) is 24.0 Å². The summed E-state index contributed by atoms with van der Waals surface area (Å²) >= 11 is 5.40. The number of hydrogen-bond acceptors (Lipinski definition) is 5. The third kappa shape index (κ3) is 8.03. The highest BCUT2D eigenvalue weighted by Gasteiger charge is 2.32. The van der Waals surface area contributed by atoms with Gasteiger partial charge in [0.2, 0.25) is 5.91 Å². The number of nitrogens with one attached hydrogen (secondary N) is 4. The summed E-state index contributed by atoms with van der Waals surface area (Å²) in [5, 5.41) is 12.9. The van der Waals surface area contributed by atoms with Crippen LogP contribution in [0.5, 0.6) is 0 Å². The van der Waals surface area contributed by atoms with Crippen LogP contribution in [0.1, 0.15) is 51.9 Å². The van der Waals surface area contributed by atoms with Gasteiger partial charge in [0.05, 0.1) is 24.5 Å². The van der Waals surface area contributed by atoms with E-state index in [4.69, 9.17) is 17.0 Å². The third-order valence-corrected chi connectivity index (χ3v) is 6.15. The number of amides is 2. The smallest absolute Gasteiger partial charge is 0.414 e. The Morgan fingerprint density at radius 2 is 1.88 bits per heavy atom. The van der Waals surface area contributed by atoms with E-state index < -0.39 is 18.0 Å². The van der Waals surface area contributed by atoms with E-state index in [9.17, 15) is 14.0 Å². The SMILES string of the molecule is CC(=O)NCC1CN(c2ccc(NCCNC(=S)NC3CCCCCCC3)c(F)c2)C(=O)O1. The molecule has 33 heavy (non-hydrogen) atoms. The Morgan fingerprint density at radius 1 is 1.15 bits per heavy atom. The summed E-state index contributed by atoms with van der Waals surface area (Å²) in [7, 11) is 0. The Labute approximate surface area is 200 Å². The lowest BCUT2D eigenvalue weighted by Gasteiger charge is -2.23. The zero-order valence-corrected chi connectivity index (χ0v) is 19.9. The zero-order chi connectivity index (χ0) is 23.6. The van der Waals surface area contributed by atoms with Crippen LogP contribution in [0.2, 0.25) is 0 Å². The molecule has 1 heterocycles. The van der Waals surface area contributed by atoms with Gasteiger partial charge in [0, 0.05) is 26.1 Å². The van der Waals surface area contributed by atoms with Crippen molar-refractivity contribution in [1.82, 2.24) is 16.0 Å². The van der Waals surface area contributed by atoms with Crippen LogP contribution in [0.4, 0.5) is 20.6 Å². The molecule has 3 rings (SSSR count). The zero-order valence-electron chi connectivity index (χ0n) is 19.1. The highest BCUT2D eigenvalue weighted by atomic mass is 32.1. The van der Waals surface area contributed by atoms with Gasteiger partial charge in [0.1, 0.15) is 11.9 Å². The molecule has 2 aliphatic rings. The molecule has 1 aromatic rings. The van der Waals surface area contributed by atoms with Gasteiger partial charge in [-0.2, -0.15) is 0 Å². The van der Waals surface area contributed by atoms with Gasteiger partial charge in [-0.3, -0.25) is 9.69 Å². The number of carbonyl (C=O) groups is 2. The van der Waals surface area contributed by atoms with Crippen LogP contribution in [0.15, 0.2) is 18.2 Å². The van der Waals surface area contributed by atoms with E-state index in [1.54, 1.807) is 12.1 Å². The summed E-state index contributed by atoms with van der Waals surface area (Å²) in [6, 6.07) is 5.00. The van der Waals surface area contributed by atoms with Crippen LogP contribution in [0, 0.1) is 5.82 Å². The molecule has 1 aliphatic heterocycles. The molecule has 8 nitrogen and oxygen atoms in total. The second-order valence-electron chi connectivity index (χ2n) is 8.59. The number of hydrogen-bond donors (Lipinski definition) is 4. The molecule has 10 heteroatoms. The molecule has 1 saturated carbocycles. The molecule has 1 aliphatic carbocycles. The third-order valence-electron chi connectivity index (χ3n) is 5.88. The minimum atomic E-state index is -0.556. The number of rotatable bonds is 8. The number of cyclic esters (lactones) is 1. The van der Waals surface area contributed by atoms with Gasteiger partial charge in [-0.25, -0.2) is 9.18 Å². The van der Waals surface area contributed by atoms with Gasteiger partial charge in [0.25, 0.3) is 0 Å². The van der Waals surface area contributed by atoms with Crippen LogP contribution in [-0.2, 0) is 9.53 Å². The maximum absolute atomic E-state index is 14.6. The fourth-order valence-electron chi connectivity index (χ4n) is 4.12. The summed E-state index contributed by atoms with van der Waals surface area (Å²) in [4.78, 5) is 24.5. The van der Waals surface area contributed by atoms with Crippen LogP contribution in [-0.4, -0.2) is 55.4 Å². The van der Waals surface area contributed by atoms with Crippen LogP contribution in [0.3, 0.4) is 0 Å². The van der Waals surface area contributed by atoms with Gasteiger partial charge in [0.15, 0.2) is 5.11 Å². The van der Waals surface area contributed by atoms with E-state index >= 15 is 0 Å². The van der Waals surface area contributed by atoms with Crippen molar-refractivity contribution in [2.75, 3.05) is 36.4 Å². The molecule has 1 aromatic carbocycles. The van der Waals surface area contributed by atoms with Crippen molar-refractivity contribution in [3.63, 3.8) is 0 Å². The number of thiocarbonyl (C=S) groups is 1. The molecular weight excluding hydrogens is 445 g/mol. The molecule has 1 atom stereocenters. The average Bonchev–Trinajstić information content (AvgIpc) is 3.13. The largest absolute Gasteiger partial charge is 0.442 e. The van der Waals surface area contributed by atoms with Crippen molar-refractivity contribution < 1.29 is 18.7 Å². The summed E-state index contributed by atoms with van der Waals surface area (Å²) in [6.07, 6.45) is 7.68. The van der Waals surface area contributed by atoms with Gasteiger partial charge in [-0.05, 0) is 43.3 Å². The van der Waals surface area contributed by atoms with Gasteiger partial charge >= 0.3 is 6.09 Å². The second kappa shape index (κ2) is 12.6. The maximum atomic E-state index is 14.6. The van der Waals surface area contributed by atoms with Crippen molar-refractivity contribution in [2.24, 2.45) is 0 Å². The summed E-state index contributed by atoms with van der Waals surface area (Å²) in [5.41, 5.74) is 0.762. The van der Waals surface area contributed by atoms with Crippen molar-refractivity contribution in [2.45, 2.75) is 64.0 Å². The summed E-state index contributed by atoms with van der Waals surface area (Å²) < 4.78 is 19.8.